The molecule has 4 heterocycles. The number of hydrogen-bond acceptors (Lipinski definition) is 6. The van der Waals surface area contributed by atoms with Crippen LogP contribution in [0.1, 0.15) is 48.9 Å². The molecule has 0 bridgehead atoms. The van der Waals surface area contributed by atoms with Gasteiger partial charge in [-0.15, -0.1) is 11.3 Å². The predicted octanol–water partition coefficient (Wildman–Crippen LogP) is 3.91. The molecule has 2 saturated heterocycles. The van der Waals surface area contributed by atoms with Crippen molar-refractivity contribution in [1.82, 2.24) is 14.9 Å². The van der Waals surface area contributed by atoms with Crippen molar-refractivity contribution in [3.63, 3.8) is 0 Å². The van der Waals surface area contributed by atoms with Crippen molar-refractivity contribution in [1.29, 1.82) is 0 Å². The van der Waals surface area contributed by atoms with E-state index in [1.807, 2.05) is 11.3 Å². The van der Waals surface area contributed by atoms with Gasteiger partial charge < -0.3 is 9.64 Å². The molecule has 2 aliphatic rings. The molecule has 1 atom stereocenters. The molecule has 2 aliphatic heterocycles. The van der Waals surface area contributed by atoms with Gasteiger partial charge in [0.25, 0.3) is 0 Å². The Balaban J connectivity index is 1.70. The molecule has 0 aromatic carbocycles. The molecular weight excluding hydrogens is 344 g/mol. The topological polar surface area (TPSA) is 41.5 Å². The first-order valence-electron chi connectivity index (χ1n) is 10.0. The van der Waals surface area contributed by atoms with Crippen molar-refractivity contribution >= 4 is 27.4 Å². The Morgan fingerprint density at radius 2 is 1.92 bits per heavy atom. The van der Waals surface area contributed by atoms with E-state index < -0.39 is 0 Å². The van der Waals surface area contributed by atoms with E-state index in [0.29, 0.717) is 6.10 Å². The number of nitrogens with zero attached hydrogens (tertiary/aromatic N) is 4. The molecule has 0 aliphatic carbocycles. The quantitative estimate of drug-likeness (QED) is 0.794. The van der Waals surface area contributed by atoms with Crippen molar-refractivity contribution < 1.29 is 4.74 Å². The largest absolute Gasteiger partial charge is 0.377 e. The molecular formula is C20H30N4OS. The molecule has 0 N–H and O–H groups in total. The third kappa shape index (κ3) is 3.59. The number of thiophene rings is 1. The first kappa shape index (κ1) is 18.1. The fraction of sp³-hybridized carbons (Fsp3) is 0.700. The molecule has 142 valence electrons. The monoisotopic (exact) mass is 374 g/mol. The van der Waals surface area contributed by atoms with E-state index in [4.69, 9.17) is 14.7 Å². The average molecular weight is 375 g/mol. The Morgan fingerprint density at radius 1 is 1.12 bits per heavy atom. The van der Waals surface area contributed by atoms with Crippen LogP contribution < -0.4 is 4.90 Å². The van der Waals surface area contributed by atoms with Crippen LogP contribution in [0, 0.1) is 13.8 Å². The Kier molecular flexibility index (Phi) is 5.43. The lowest BCUT2D eigenvalue weighted by Gasteiger charge is -2.34. The van der Waals surface area contributed by atoms with Crippen molar-refractivity contribution in [2.24, 2.45) is 0 Å². The number of likely N-dealkylation sites (tertiary alicyclic amines) is 1. The van der Waals surface area contributed by atoms with E-state index in [1.165, 1.54) is 48.2 Å². The third-order valence-electron chi connectivity index (χ3n) is 5.70. The lowest BCUT2D eigenvalue weighted by molar-refractivity contribution is 0.0525. The number of piperidine rings is 1. The molecule has 2 aromatic heterocycles. The zero-order chi connectivity index (χ0) is 18.1. The maximum absolute atomic E-state index is 5.93. The molecule has 2 fully saturated rings. The van der Waals surface area contributed by atoms with E-state index >= 15 is 0 Å². The number of aromatic nitrogens is 2. The van der Waals surface area contributed by atoms with Gasteiger partial charge in [0.1, 0.15) is 16.5 Å². The number of rotatable bonds is 5. The standard InChI is InChI=1S/C20H30N4OS/c1-4-25-16-8-7-11-24(12-16)19-18-14(2)15(3)26-20(18)22-17(21-19)13-23-9-5-6-10-23/h16H,4-13H2,1-3H3. The fourth-order valence-corrected chi connectivity index (χ4v) is 5.26. The number of fused-ring (bicyclic) bond motifs is 1. The van der Waals surface area contributed by atoms with E-state index in [2.05, 4.69) is 30.6 Å². The summed E-state index contributed by atoms with van der Waals surface area (Å²) in [4.78, 5) is 17.5. The van der Waals surface area contributed by atoms with E-state index in [9.17, 15) is 0 Å². The van der Waals surface area contributed by atoms with Gasteiger partial charge in [0.05, 0.1) is 18.0 Å². The lowest BCUT2D eigenvalue weighted by Crippen LogP contribution is -2.40. The van der Waals surface area contributed by atoms with Gasteiger partial charge >= 0.3 is 0 Å². The molecule has 6 heteroatoms. The van der Waals surface area contributed by atoms with Crippen molar-refractivity contribution in [2.45, 2.75) is 59.1 Å². The Hall–Kier alpha value is -1.24. The summed E-state index contributed by atoms with van der Waals surface area (Å²) in [6.07, 6.45) is 5.24. The Bertz CT molecular complexity index is 767. The van der Waals surface area contributed by atoms with Crippen LogP contribution in [-0.2, 0) is 11.3 Å². The zero-order valence-electron chi connectivity index (χ0n) is 16.3. The predicted molar refractivity (Wildman–Crippen MR) is 108 cm³/mol. The van der Waals surface area contributed by atoms with Crippen LogP contribution in [0.5, 0.6) is 0 Å². The number of hydrogen-bond donors (Lipinski definition) is 0. The van der Waals surface area contributed by atoms with Gasteiger partial charge in [0.2, 0.25) is 0 Å². The molecule has 0 spiro atoms. The summed E-state index contributed by atoms with van der Waals surface area (Å²) in [6.45, 7) is 12.5. The molecule has 0 saturated carbocycles. The van der Waals surface area contributed by atoms with Crippen molar-refractivity contribution in [2.75, 3.05) is 37.7 Å². The molecule has 0 radical (unpaired) electrons. The molecule has 26 heavy (non-hydrogen) atoms. The maximum Gasteiger partial charge on any atom is 0.146 e. The van der Waals surface area contributed by atoms with Gasteiger partial charge in [-0.1, -0.05) is 0 Å². The van der Waals surface area contributed by atoms with Crippen LogP contribution in [0.4, 0.5) is 5.82 Å². The van der Waals surface area contributed by atoms with Crippen molar-refractivity contribution in [3.8, 4) is 0 Å². The second-order valence-electron chi connectivity index (χ2n) is 7.58. The van der Waals surface area contributed by atoms with Crippen LogP contribution in [0.3, 0.4) is 0 Å². The van der Waals surface area contributed by atoms with Gasteiger partial charge in [-0.3, -0.25) is 4.90 Å². The second kappa shape index (κ2) is 7.79. The summed E-state index contributed by atoms with van der Waals surface area (Å²) < 4.78 is 5.93. The lowest BCUT2D eigenvalue weighted by atomic mass is 10.1. The molecule has 0 amide bonds. The van der Waals surface area contributed by atoms with Crippen LogP contribution in [0.2, 0.25) is 0 Å². The summed E-state index contributed by atoms with van der Waals surface area (Å²) in [5.41, 5.74) is 1.34. The van der Waals surface area contributed by atoms with Gasteiger partial charge in [-0.2, -0.15) is 0 Å². The number of anilines is 1. The van der Waals surface area contributed by atoms with E-state index in [1.54, 1.807) is 0 Å². The highest BCUT2D eigenvalue weighted by atomic mass is 32.1. The zero-order valence-corrected chi connectivity index (χ0v) is 17.1. The van der Waals surface area contributed by atoms with Gasteiger partial charge in [-0.25, -0.2) is 9.97 Å². The molecule has 1 unspecified atom stereocenters. The van der Waals surface area contributed by atoms with Crippen LogP contribution >= 0.6 is 11.3 Å². The van der Waals surface area contributed by atoms with Gasteiger partial charge in [0.15, 0.2) is 0 Å². The summed E-state index contributed by atoms with van der Waals surface area (Å²) in [5, 5.41) is 1.26. The Labute approximate surface area is 160 Å². The first-order chi connectivity index (χ1) is 12.7. The second-order valence-corrected chi connectivity index (χ2v) is 8.78. The minimum atomic E-state index is 0.320. The van der Waals surface area contributed by atoms with Crippen molar-refractivity contribution in [3.05, 3.63) is 16.3 Å². The minimum Gasteiger partial charge on any atom is -0.377 e. The minimum absolute atomic E-state index is 0.320. The highest BCUT2D eigenvalue weighted by molar-refractivity contribution is 7.18. The summed E-state index contributed by atoms with van der Waals surface area (Å²) in [6, 6.07) is 0. The molecule has 4 rings (SSSR count). The fourth-order valence-electron chi connectivity index (χ4n) is 4.21. The Morgan fingerprint density at radius 3 is 2.69 bits per heavy atom. The molecule has 2 aromatic rings. The normalized spacial score (nSPS) is 21.8. The van der Waals surface area contributed by atoms with Crippen LogP contribution in [0.15, 0.2) is 0 Å². The summed E-state index contributed by atoms with van der Waals surface area (Å²) in [5.74, 6) is 2.12. The summed E-state index contributed by atoms with van der Waals surface area (Å²) in [7, 11) is 0. The van der Waals surface area contributed by atoms with E-state index in [-0.39, 0.29) is 0 Å². The average Bonchev–Trinajstić information content (AvgIpc) is 3.23. The maximum atomic E-state index is 5.93. The van der Waals surface area contributed by atoms with Crippen LogP contribution in [-0.4, -0.2) is 53.8 Å². The highest BCUT2D eigenvalue weighted by Gasteiger charge is 2.26. The van der Waals surface area contributed by atoms with Crippen LogP contribution in [0.25, 0.3) is 10.2 Å². The number of aryl methyl sites for hydroxylation is 2. The highest BCUT2D eigenvalue weighted by Crippen LogP contribution is 2.36. The van der Waals surface area contributed by atoms with Gasteiger partial charge in [-0.05, 0) is 65.1 Å². The first-order valence-corrected chi connectivity index (χ1v) is 10.8. The number of ether oxygens (including phenoxy) is 1. The smallest absolute Gasteiger partial charge is 0.146 e. The molecule has 5 nitrogen and oxygen atoms in total. The third-order valence-corrected chi connectivity index (χ3v) is 6.80. The van der Waals surface area contributed by atoms with Gasteiger partial charge in [0, 0.05) is 24.6 Å². The van der Waals surface area contributed by atoms with E-state index in [0.717, 1.165) is 49.1 Å². The SMILES string of the molecule is CCOC1CCCN(c2nc(CN3CCCC3)nc3sc(C)c(C)c23)C1. The summed E-state index contributed by atoms with van der Waals surface area (Å²) >= 11 is 1.81.